The smallest absolute Gasteiger partial charge is 0.303 e. The third-order valence-corrected chi connectivity index (χ3v) is 4.21. The van der Waals surface area contributed by atoms with Gasteiger partial charge in [-0.1, -0.05) is 38.1 Å². The molecule has 0 saturated carbocycles. The zero-order chi connectivity index (χ0) is 15.2. The first-order valence-corrected chi connectivity index (χ1v) is 8.05. The third kappa shape index (κ3) is 5.50. The van der Waals surface area contributed by atoms with Crippen LogP contribution < -0.4 is 0 Å². The fourth-order valence-electron chi connectivity index (χ4n) is 3.13. The maximum atomic E-state index is 10.6. The second-order valence-electron chi connectivity index (χ2n) is 6.74. The fourth-order valence-corrected chi connectivity index (χ4v) is 3.13. The highest BCUT2D eigenvalue weighted by Crippen LogP contribution is 2.23. The molecule has 1 unspecified atom stereocenters. The monoisotopic (exact) mass is 289 g/mol. The average Bonchev–Trinajstić information content (AvgIpc) is 2.86. The van der Waals surface area contributed by atoms with Gasteiger partial charge in [0.25, 0.3) is 0 Å². The van der Waals surface area contributed by atoms with E-state index in [1.807, 2.05) is 0 Å². The van der Waals surface area contributed by atoms with Gasteiger partial charge in [0, 0.05) is 19.5 Å². The predicted molar refractivity (Wildman–Crippen MR) is 85.2 cm³/mol. The predicted octanol–water partition coefficient (Wildman–Crippen LogP) is 3.57. The topological polar surface area (TPSA) is 40.5 Å². The van der Waals surface area contributed by atoms with Crippen LogP contribution >= 0.6 is 0 Å². The minimum absolute atomic E-state index is 0.308. The molecular formula is C18H27NO2. The number of carbonyl (C=O) groups is 1. The van der Waals surface area contributed by atoms with Gasteiger partial charge in [0.1, 0.15) is 0 Å². The van der Waals surface area contributed by atoms with Crippen LogP contribution in [0.15, 0.2) is 24.3 Å². The summed E-state index contributed by atoms with van der Waals surface area (Å²) in [5, 5.41) is 8.75. The van der Waals surface area contributed by atoms with Gasteiger partial charge >= 0.3 is 5.97 Å². The summed E-state index contributed by atoms with van der Waals surface area (Å²) in [6.07, 6.45) is 3.40. The first kappa shape index (κ1) is 16.0. The molecule has 116 valence electrons. The number of aliphatic carboxylic acids is 1. The Morgan fingerprint density at radius 1 is 1.29 bits per heavy atom. The van der Waals surface area contributed by atoms with Crippen molar-refractivity contribution < 1.29 is 9.90 Å². The van der Waals surface area contributed by atoms with Gasteiger partial charge < -0.3 is 5.11 Å². The summed E-state index contributed by atoms with van der Waals surface area (Å²) < 4.78 is 0. The van der Waals surface area contributed by atoms with Crippen molar-refractivity contribution in [2.75, 3.05) is 13.1 Å². The van der Waals surface area contributed by atoms with Gasteiger partial charge in [-0.2, -0.15) is 0 Å². The first-order valence-electron chi connectivity index (χ1n) is 8.05. The molecule has 1 fully saturated rings. The van der Waals surface area contributed by atoms with Crippen LogP contribution in [0.3, 0.4) is 0 Å². The Balaban J connectivity index is 1.78. The molecule has 0 bridgehead atoms. The molecule has 1 atom stereocenters. The van der Waals surface area contributed by atoms with E-state index < -0.39 is 5.97 Å². The molecule has 1 saturated heterocycles. The lowest BCUT2D eigenvalue weighted by Crippen LogP contribution is -2.20. The highest BCUT2D eigenvalue weighted by molar-refractivity contribution is 5.66. The molecule has 0 spiro atoms. The standard InChI is InChI=1S/C18H27NO2/c1-14(2)11-15-3-5-16(6-4-15)12-19-10-9-17(13-19)7-8-18(20)21/h3-6,14,17H,7-13H2,1-2H3,(H,20,21). The van der Waals surface area contributed by atoms with Crippen molar-refractivity contribution in [2.45, 2.75) is 46.1 Å². The summed E-state index contributed by atoms with van der Waals surface area (Å²) in [6.45, 7) is 7.62. The van der Waals surface area contributed by atoms with Crippen LogP contribution in [0.2, 0.25) is 0 Å². The number of nitrogens with zero attached hydrogens (tertiary/aromatic N) is 1. The lowest BCUT2D eigenvalue weighted by atomic mass is 10.0. The van der Waals surface area contributed by atoms with Crippen molar-refractivity contribution in [3.63, 3.8) is 0 Å². The van der Waals surface area contributed by atoms with E-state index in [-0.39, 0.29) is 0 Å². The number of hydrogen-bond acceptors (Lipinski definition) is 2. The molecule has 0 radical (unpaired) electrons. The van der Waals surface area contributed by atoms with Crippen LogP contribution in [0.25, 0.3) is 0 Å². The Labute approximate surface area is 128 Å². The van der Waals surface area contributed by atoms with Crippen LogP contribution in [-0.2, 0) is 17.8 Å². The summed E-state index contributed by atoms with van der Waals surface area (Å²) in [4.78, 5) is 13.1. The van der Waals surface area contributed by atoms with Crippen LogP contribution in [-0.4, -0.2) is 29.1 Å². The molecule has 1 aromatic rings. The van der Waals surface area contributed by atoms with Gasteiger partial charge in [-0.15, -0.1) is 0 Å². The number of rotatable bonds is 7. The van der Waals surface area contributed by atoms with Gasteiger partial charge in [-0.25, -0.2) is 0 Å². The minimum atomic E-state index is -0.672. The largest absolute Gasteiger partial charge is 0.481 e. The SMILES string of the molecule is CC(C)Cc1ccc(CN2CCC(CCC(=O)O)C2)cc1. The average molecular weight is 289 g/mol. The van der Waals surface area contributed by atoms with Gasteiger partial charge in [0.05, 0.1) is 0 Å². The highest BCUT2D eigenvalue weighted by Gasteiger charge is 2.22. The van der Waals surface area contributed by atoms with Crippen molar-refractivity contribution in [1.82, 2.24) is 4.90 Å². The van der Waals surface area contributed by atoms with Crippen LogP contribution in [0.5, 0.6) is 0 Å². The van der Waals surface area contributed by atoms with Crippen LogP contribution in [0.1, 0.15) is 44.2 Å². The maximum Gasteiger partial charge on any atom is 0.303 e. The van der Waals surface area contributed by atoms with Crippen molar-refractivity contribution in [1.29, 1.82) is 0 Å². The number of hydrogen-bond donors (Lipinski definition) is 1. The van der Waals surface area contributed by atoms with E-state index in [0.29, 0.717) is 18.3 Å². The maximum absolute atomic E-state index is 10.6. The van der Waals surface area contributed by atoms with E-state index in [4.69, 9.17) is 5.11 Å². The van der Waals surface area contributed by atoms with Crippen molar-refractivity contribution in [3.8, 4) is 0 Å². The minimum Gasteiger partial charge on any atom is -0.481 e. The highest BCUT2D eigenvalue weighted by atomic mass is 16.4. The third-order valence-electron chi connectivity index (χ3n) is 4.21. The Kier molecular flexibility index (Phi) is 5.80. The lowest BCUT2D eigenvalue weighted by molar-refractivity contribution is -0.137. The zero-order valence-corrected chi connectivity index (χ0v) is 13.2. The Morgan fingerprint density at radius 2 is 1.95 bits per heavy atom. The van der Waals surface area contributed by atoms with E-state index in [1.54, 1.807) is 0 Å². The molecule has 2 rings (SSSR count). The first-order chi connectivity index (χ1) is 10.0. The Hall–Kier alpha value is -1.35. The summed E-state index contributed by atoms with van der Waals surface area (Å²) >= 11 is 0. The molecule has 0 amide bonds. The van der Waals surface area contributed by atoms with Gasteiger partial charge in [-0.05, 0) is 48.8 Å². The summed E-state index contributed by atoms with van der Waals surface area (Å²) in [7, 11) is 0. The summed E-state index contributed by atoms with van der Waals surface area (Å²) in [5.41, 5.74) is 2.77. The van der Waals surface area contributed by atoms with Crippen molar-refractivity contribution >= 4 is 5.97 Å². The van der Waals surface area contributed by atoms with E-state index >= 15 is 0 Å². The lowest BCUT2D eigenvalue weighted by Gasteiger charge is -2.16. The molecule has 3 nitrogen and oxygen atoms in total. The second kappa shape index (κ2) is 7.60. The van der Waals surface area contributed by atoms with E-state index in [0.717, 1.165) is 38.9 Å². The summed E-state index contributed by atoms with van der Waals surface area (Å²) in [5.74, 6) is 0.583. The number of benzene rings is 1. The number of carboxylic acid groups (broad SMARTS) is 1. The molecule has 1 aromatic carbocycles. The van der Waals surface area contributed by atoms with Gasteiger partial charge in [0.2, 0.25) is 0 Å². The normalized spacial score (nSPS) is 19.3. The van der Waals surface area contributed by atoms with Crippen LogP contribution in [0.4, 0.5) is 0 Å². The molecule has 1 aliphatic rings. The molecule has 0 aliphatic carbocycles. The fraction of sp³-hybridized carbons (Fsp3) is 0.611. The Bertz CT molecular complexity index is 453. The second-order valence-corrected chi connectivity index (χ2v) is 6.74. The molecule has 21 heavy (non-hydrogen) atoms. The van der Waals surface area contributed by atoms with Crippen molar-refractivity contribution in [3.05, 3.63) is 35.4 Å². The van der Waals surface area contributed by atoms with E-state index in [9.17, 15) is 4.79 Å². The molecule has 3 heteroatoms. The number of likely N-dealkylation sites (tertiary alicyclic amines) is 1. The van der Waals surface area contributed by atoms with E-state index in [1.165, 1.54) is 11.1 Å². The Morgan fingerprint density at radius 3 is 2.57 bits per heavy atom. The van der Waals surface area contributed by atoms with Crippen molar-refractivity contribution in [2.24, 2.45) is 11.8 Å². The van der Waals surface area contributed by atoms with Gasteiger partial charge in [-0.3, -0.25) is 9.69 Å². The summed E-state index contributed by atoms with van der Waals surface area (Å²) in [6, 6.07) is 8.96. The molecule has 0 aromatic heterocycles. The molecular weight excluding hydrogens is 262 g/mol. The van der Waals surface area contributed by atoms with Crippen LogP contribution in [0, 0.1) is 11.8 Å². The quantitative estimate of drug-likeness (QED) is 0.834. The molecule has 1 heterocycles. The zero-order valence-electron chi connectivity index (χ0n) is 13.2. The van der Waals surface area contributed by atoms with E-state index in [2.05, 4.69) is 43.0 Å². The number of carboxylic acids is 1. The molecule has 1 aliphatic heterocycles. The molecule has 1 N–H and O–H groups in total. The van der Waals surface area contributed by atoms with Gasteiger partial charge in [0.15, 0.2) is 0 Å².